The molecule has 0 N–H and O–H groups in total. The van der Waals surface area contributed by atoms with E-state index in [1.165, 1.54) is 0 Å². The van der Waals surface area contributed by atoms with E-state index in [0.717, 1.165) is 19.3 Å². The van der Waals surface area contributed by atoms with Crippen LogP contribution in [-0.2, 0) is 0 Å². The van der Waals surface area contributed by atoms with E-state index in [2.05, 4.69) is 6.92 Å². The summed E-state index contributed by atoms with van der Waals surface area (Å²) in [5, 5.41) is 0. The third-order valence-corrected chi connectivity index (χ3v) is 1.66. The fourth-order valence-electron chi connectivity index (χ4n) is 0.451. The molecule has 0 nitrogen and oxygen atoms in total. The highest BCUT2D eigenvalue weighted by Crippen LogP contribution is 2.15. The van der Waals surface area contributed by atoms with Gasteiger partial charge in [-0.15, -0.1) is 0 Å². The molecule has 0 bridgehead atoms. The second-order valence-corrected chi connectivity index (χ2v) is 2.79. The molecule has 0 atom stereocenters. The molecule has 0 amide bonds. The van der Waals surface area contributed by atoms with Gasteiger partial charge in [-0.2, -0.15) is 8.78 Å². The van der Waals surface area contributed by atoms with Crippen LogP contribution in [0, 0.1) is 6.92 Å². The Labute approximate surface area is 59.0 Å². The molecule has 1 radical (unpaired) electrons. The van der Waals surface area contributed by atoms with Crippen LogP contribution in [0.25, 0.3) is 0 Å². The van der Waals surface area contributed by atoms with Crippen molar-refractivity contribution < 1.29 is 8.78 Å². The first-order valence-corrected chi connectivity index (χ1v) is 4.01. The van der Waals surface area contributed by atoms with Gasteiger partial charge in [-0.3, -0.25) is 0 Å². The van der Waals surface area contributed by atoms with E-state index in [-0.39, 0.29) is 0 Å². The maximum Gasteiger partial charge on any atom is 0.284 e. The monoisotopic (exact) mass is 153 g/mol. The number of rotatable bonds is 5. The molecule has 0 spiro atoms. The molecule has 0 heterocycles. The predicted molar refractivity (Wildman–Crippen MR) is 37.7 cm³/mol. The second kappa shape index (κ2) is 6.33. The minimum absolute atomic E-state index is 0.563. The van der Waals surface area contributed by atoms with E-state index in [4.69, 9.17) is 0 Å². The van der Waals surface area contributed by atoms with Gasteiger partial charge in [0.2, 0.25) is 0 Å². The lowest BCUT2D eigenvalue weighted by Crippen LogP contribution is -1.85. The first kappa shape index (κ1) is 9.21. The topological polar surface area (TPSA) is 0 Å². The van der Waals surface area contributed by atoms with Crippen molar-refractivity contribution in [2.24, 2.45) is 0 Å². The molecule has 0 aliphatic carbocycles. The SMILES string of the molecule is [CH2]CCCCSC(F)F. The summed E-state index contributed by atoms with van der Waals surface area (Å²) in [5.74, 6) is -1.64. The largest absolute Gasteiger partial charge is 0.284 e. The molecule has 0 aromatic rings. The average Bonchev–Trinajstić information content (AvgIpc) is 1.80. The third-order valence-electron chi connectivity index (χ3n) is 0.888. The Morgan fingerprint density at radius 1 is 1.33 bits per heavy atom. The number of unbranched alkanes of at least 4 members (excludes halogenated alkanes) is 2. The lowest BCUT2D eigenvalue weighted by atomic mass is 10.3. The van der Waals surface area contributed by atoms with Crippen LogP contribution >= 0.6 is 11.8 Å². The Bertz CT molecular complexity index is 57.0. The van der Waals surface area contributed by atoms with Crippen LogP contribution in [0.15, 0.2) is 0 Å². The van der Waals surface area contributed by atoms with Gasteiger partial charge in [-0.25, -0.2) is 0 Å². The number of halogens is 2. The van der Waals surface area contributed by atoms with Crippen molar-refractivity contribution in [3.63, 3.8) is 0 Å². The maximum absolute atomic E-state index is 11.4. The van der Waals surface area contributed by atoms with Gasteiger partial charge < -0.3 is 0 Å². The molecule has 0 rings (SSSR count). The molecule has 0 aliphatic rings. The van der Waals surface area contributed by atoms with Crippen LogP contribution in [0.5, 0.6) is 0 Å². The van der Waals surface area contributed by atoms with Crippen LogP contribution in [-0.4, -0.2) is 11.5 Å². The summed E-state index contributed by atoms with van der Waals surface area (Å²) in [6.07, 6.45) is 2.67. The second-order valence-electron chi connectivity index (χ2n) is 1.69. The summed E-state index contributed by atoms with van der Waals surface area (Å²) in [4.78, 5) is 0. The van der Waals surface area contributed by atoms with Gasteiger partial charge in [0.15, 0.2) is 0 Å². The highest BCUT2D eigenvalue weighted by molar-refractivity contribution is 7.99. The molecule has 55 valence electrons. The molecular formula is C6H11F2S. The van der Waals surface area contributed by atoms with E-state index in [1.54, 1.807) is 0 Å². The summed E-state index contributed by atoms with van der Waals surface area (Å²) >= 11 is 0.710. The highest BCUT2D eigenvalue weighted by atomic mass is 32.2. The predicted octanol–water partition coefficient (Wildman–Crippen LogP) is 2.95. The zero-order valence-electron chi connectivity index (χ0n) is 5.28. The summed E-state index contributed by atoms with van der Waals surface area (Å²) in [7, 11) is 0. The molecule has 0 saturated carbocycles. The van der Waals surface area contributed by atoms with Gasteiger partial charge >= 0.3 is 0 Å². The van der Waals surface area contributed by atoms with Gasteiger partial charge in [-0.1, -0.05) is 31.5 Å². The van der Waals surface area contributed by atoms with Gasteiger partial charge in [0.05, 0.1) is 0 Å². The summed E-state index contributed by atoms with van der Waals surface area (Å²) in [6.45, 7) is 3.61. The average molecular weight is 153 g/mol. The summed E-state index contributed by atoms with van der Waals surface area (Å²) in [6, 6.07) is 0. The Balaban J connectivity index is 2.75. The first-order chi connectivity index (χ1) is 4.27. The van der Waals surface area contributed by atoms with Crippen molar-refractivity contribution in [1.29, 1.82) is 0 Å². The number of thioether (sulfide) groups is 1. The standard InChI is InChI=1S/C6H11F2S/c1-2-3-4-5-9-6(7)8/h6H,1-5H2. The molecule has 0 unspecified atom stereocenters. The fourth-order valence-corrected chi connectivity index (χ4v) is 1.00. The summed E-state index contributed by atoms with van der Waals surface area (Å²) < 4.78 is 22.8. The van der Waals surface area contributed by atoms with Crippen molar-refractivity contribution >= 4 is 11.8 Å². The Kier molecular flexibility index (Phi) is 6.48. The lowest BCUT2D eigenvalue weighted by Gasteiger charge is -1.96. The van der Waals surface area contributed by atoms with Crippen molar-refractivity contribution in [1.82, 2.24) is 0 Å². The minimum atomic E-state index is -2.20. The van der Waals surface area contributed by atoms with Crippen molar-refractivity contribution in [2.45, 2.75) is 25.0 Å². The Morgan fingerprint density at radius 2 is 2.00 bits per heavy atom. The zero-order valence-corrected chi connectivity index (χ0v) is 6.09. The summed E-state index contributed by atoms with van der Waals surface area (Å²) in [5.41, 5.74) is 0. The van der Waals surface area contributed by atoms with Gasteiger partial charge in [0.1, 0.15) is 0 Å². The Morgan fingerprint density at radius 3 is 2.44 bits per heavy atom. The fraction of sp³-hybridized carbons (Fsp3) is 0.833. The normalized spacial score (nSPS) is 10.7. The maximum atomic E-state index is 11.4. The number of hydrogen-bond acceptors (Lipinski definition) is 1. The molecule has 3 heteroatoms. The van der Waals surface area contributed by atoms with Gasteiger partial charge in [0, 0.05) is 0 Å². The zero-order chi connectivity index (χ0) is 7.11. The smallest absolute Gasteiger partial charge is 0.198 e. The van der Waals surface area contributed by atoms with E-state index in [1.807, 2.05) is 0 Å². The van der Waals surface area contributed by atoms with E-state index >= 15 is 0 Å². The van der Waals surface area contributed by atoms with Crippen molar-refractivity contribution in [2.75, 3.05) is 5.75 Å². The Hall–Kier alpha value is 0.210. The van der Waals surface area contributed by atoms with Crippen LogP contribution in [0.2, 0.25) is 0 Å². The van der Waals surface area contributed by atoms with Crippen LogP contribution in [0.1, 0.15) is 19.3 Å². The van der Waals surface area contributed by atoms with Crippen molar-refractivity contribution in [3.05, 3.63) is 6.92 Å². The number of alkyl halides is 2. The van der Waals surface area contributed by atoms with Crippen LogP contribution in [0.4, 0.5) is 8.78 Å². The van der Waals surface area contributed by atoms with Crippen LogP contribution < -0.4 is 0 Å². The molecule has 9 heavy (non-hydrogen) atoms. The molecule has 0 aromatic heterocycles. The van der Waals surface area contributed by atoms with E-state index in [9.17, 15) is 8.78 Å². The number of hydrogen-bond donors (Lipinski definition) is 0. The first-order valence-electron chi connectivity index (χ1n) is 2.96. The van der Waals surface area contributed by atoms with Gasteiger partial charge in [-0.05, 0) is 12.2 Å². The van der Waals surface area contributed by atoms with Crippen LogP contribution in [0.3, 0.4) is 0 Å². The molecule has 0 saturated heterocycles. The molecular weight excluding hydrogens is 142 g/mol. The van der Waals surface area contributed by atoms with E-state index in [0.29, 0.717) is 17.5 Å². The third kappa shape index (κ3) is 8.21. The molecule has 0 aliphatic heterocycles. The van der Waals surface area contributed by atoms with Gasteiger partial charge in [0.25, 0.3) is 5.76 Å². The molecule has 0 aromatic carbocycles. The highest BCUT2D eigenvalue weighted by Gasteiger charge is 1.99. The minimum Gasteiger partial charge on any atom is -0.198 e. The lowest BCUT2D eigenvalue weighted by molar-refractivity contribution is 0.252. The molecule has 0 fully saturated rings. The van der Waals surface area contributed by atoms with E-state index < -0.39 is 5.76 Å². The van der Waals surface area contributed by atoms with Crippen molar-refractivity contribution in [3.8, 4) is 0 Å². The quantitative estimate of drug-likeness (QED) is 0.547.